The number of nitrogens with zero attached hydrogens (tertiary/aromatic N) is 1. The molecule has 0 aliphatic rings. The van der Waals surface area contributed by atoms with Gasteiger partial charge in [-0.2, -0.15) is 0 Å². The maximum Gasteiger partial charge on any atom is 0.573 e. The van der Waals surface area contributed by atoms with Crippen LogP contribution in [0.4, 0.5) is 13.2 Å². The minimum absolute atomic E-state index is 0.246. The van der Waals surface area contributed by atoms with Crippen LogP contribution in [0.2, 0.25) is 0 Å². The van der Waals surface area contributed by atoms with Gasteiger partial charge in [0.2, 0.25) is 0 Å². The molecule has 19 heavy (non-hydrogen) atoms. The Hall–Kier alpha value is -2.24. The lowest BCUT2D eigenvalue weighted by atomic mass is 10.2. The number of rotatable bonds is 2. The summed E-state index contributed by atoms with van der Waals surface area (Å²) in [7, 11) is 0. The van der Waals surface area contributed by atoms with Crippen molar-refractivity contribution >= 4 is 0 Å². The smallest absolute Gasteiger partial charge is 0.406 e. The molecular formula is C13H10F3NO2. The van der Waals surface area contributed by atoms with Crippen molar-refractivity contribution in [3.8, 4) is 11.4 Å². The van der Waals surface area contributed by atoms with Crippen LogP contribution in [0.1, 0.15) is 5.56 Å². The molecule has 1 aromatic heterocycles. The first kappa shape index (κ1) is 13.2. The lowest BCUT2D eigenvalue weighted by molar-refractivity contribution is -0.274. The second-order valence-electron chi connectivity index (χ2n) is 3.95. The number of pyridine rings is 1. The van der Waals surface area contributed by atoms with E-state index < -0.39 is 6.36 Å². The molecule has 3 nitrogen and oxygen atoms in total. The molecule has 0 spiro atoms. The van der Waals surface area contributed by atoms with Crippen LogP contribution in [0.3, 0.4) is 0 Å². The van der Waals surface area contributed by atoms with E-state index in [0.29, 0.717) is 5.69 Å². The van der Waals surface area contributed by atoms with Crippen LogP contribution >= 0.6 is 0 Å². The van der Waals surface area contributed by atoms with Gasteiger partial charge < -0.3 is 4.74 Å². The molecule has 0 radical (unpaired) electrons. The molecule has 0 unspecified atom stereocenters. The molecule has 0 saturated carbocycles. The van der Waals surface area contributed by atoms with Crippen molar-refractivity contribution in [3.63, 3.8) is 0 Å². The van der Waals surface area contributed by atoms with Gasteiger partial charge in [-0.15, -0.1) is 13.2 Å². The van der Waals surface area contributed by atoms with Gasteiger partial charge in [0.05, 0.1) is 0 Å². The van der Waals surface area contributed by atoms with E-state index in [-0.39, 0.29) is 11.3 Å². The molecule has 0 amide bonds. The summed E-state index contributed by atoms with van der Waals surface area (Å²) in [5.74, 6) is -0.323. The average molecular weight is 269 g/mol. The standard InChI is InChI=1S/C13H10F3NO2/c1-9-6-7-17(12(18)8-9)10-2-4-11(5-3-10)19-13(14,15)16/h2-8H,1H3. The molecule has 0 aliphatic carbocycles. The van der Waals surface area contributed by atoms with Crippen molar-refractivity contribution in [1.82, 2.24) is 4.57 Å². The average Bonchev–Trinajstić information content (AvgIpc) is 2.28. The molecule has 0 N–H and O–H groups in total. The lowest BCUT2D eigenvalue weighted by Crippen LogP contribution is -2.18. The first-order chi connectivity index (χ1) is 8.85. The zero-order valence-electron chi connectivity index (χ0n) is 9.94. The fraction of sp³-hybridized carbons (Fsp3) is 0.154. The number of aromatic nitrogens is 1. The first-order valence-electron chi connectivity index (χ1n) is 5.41. The lowest BCUT2D eigenvalue weighted by Gasteiger charge is -2.10. The highest BCUT2D eigenvalue weighted by Gasteiger charge is 2.30. The van der Waals surface area contributed by atoms with Gasteiger partial charge in [0.1, 0.15) is 5.75 Å². The number of benzene rings is 1. The van der Waals surface area contributed by atoms with Crippen LogP contribution in [0.5, 0.6) is 5.75 Å². The molecule has 0 saturated heterocycles. The zero-order chi connectivity index (χ0) is 14.0. The summed E-state index contributed by atoms with van der Waals surface area (Å²) >= 11 is 0. The Bertz CT molecular complexity index is 630. The summed E-state index contributed by atoms with van der Waals surface area (Å²) in [5, 5.41) is 0. The van der Waals surface area contributed by atoms with E-state index in [2.05, 4.69) is 4.74 Å². The summed E-state index contributed by atoms with van der Waals surface area (Å²) in [6.07, 6.45) is -3.15. The maximum atomic E-state index is 12.0. The summed E-state index contributed by atoms with van der Waals surface area (Å²) in [5.41, 5.74) is 1.04. The molecular weight excluding hydrogens is 259 g/mol. The highest BCUT2D eigenvalue weighted by atomic mass is 19.4. The van der Waals surface area contributed by atoms with E-state index in [1.807, 2.05) is 0 Å². The van der Waals surface area contributed by atoms with Crippen molar-refractivity contribution in [2.24, 2.45) is 0 Å². The Labute approximate surface area is 106 Å². The summed E-state index contributed by atoms with van der Waals surface area (Å²) in [4.78, 5) is 11.7. The van der Waals surface area contributed by atoms with Crippen molar-refractivity contribution in [3.05, 3.63) is 58.5 Å². The third kappa shape index (κ3) is 3.37. The van der Waals surface area contributed by atoms with Crippen molar-refractivity contribution in [2.45, 2.75) is 13.3 Å². The van der Waals surface area contributed by atoms with E-state index >= 15 is 0 Å². The van der Waals surface area contributed by atoms with E-state index in [1.54, 1.807) is 19.2 Å². The zero-order valence-corrected chi connectivity index (χ0v) is 9.94. The topological polar surface area (TPSA) is 31.2 Å². The fourth-order valence-electron chi connectivity index (χ4n) is 1.60. The molecule has 0 fully saturated rings. The van der Waals surface area contributed by atoms with Crippen LogP contribution in [-0.4, -0.2) is 10.9 Å². The minimum Gasteiger partial charge on any atom is -0.406 e. The molecule has 6 heteroatoms. The van der Waals surface area contributed by atoms with Gasteiger partial charge in [0.25, 0.3) is 5.56 Å². The molecule has 0 atom stereocenters. The van der Waals surface area contributed by atoms with Gasteiger partial charge in [-0.1, -0.05) is 0 Å². The highest BCUT2D eigenvalue weighted by molar-refractivity contribution is 5.38. The van der Waals surface area contributed by atoms with Gasteiger partial charge in [-0.3, -0.25) is 9.36 Å². The monoisotopic (exact) mass is 269 g/mol. The van der Waals surface area contributed by atoms with Crippen molar-refractivity contribution < 1.29 is 17.9 Å². The molecule has 1 aromatic carbocycles. The molecule has 100 valence electrons. The third-order valence-corrected chi connectivity index (χ3v) is 2.42. The Morgan fingerprint density at radius 2 is 1.74 bits per heavy atom. The van der Waals surface area contributed by atoms with Crippen LogP contribution < -0.4 is 10.3 Å². The Morgan fingerprint density at radius 1 is 1.11 bits per heavy atom. The second kappa shape index (κ2) is 4.79. The Kier molecular flexibility index (Phi) is 3.33. The number of halogens is 3. The molecule has 2 rings (SSSR count). The number of hydrogen-bond donors (Lipinski definition) is 0. The normalized spacial score (nSPS) is 11.4. The largest absolute Gasteiger partial charge is 0.573 e. The quantitative estimate of drug-likeness (QED) is 0.839. The molecule has 1 heterocycles. The van der Waals surface area contributed by atoms with Crippen LogP contribution in [0.25, 0.3) is 5.69 Å². The molecule has 0 bridgehead atoms. The van der Waals surface area contributed by atoms with Crippen molar-refractivity contribution in [1.29, 1.82) is 0 Å². The predicted octanol–water partition coefficient (Wildman–Crippen LogP) is 3.04. The first-order valence-corrected chi connectivity index (χ1v) is 5.41. The van der Waals surface area contributed by atoms with Gasteiger partial charge >= 0.3 is 6.36 Å². The van der Waals surface area contributed by atoms with Gasteiger partial charge in [-0.25, -0.2) is 0 Å². The molecule has 2 aromatic rings. The maximum absolute atomic E-state index is 12.0. The van der Waals surface area contributed by atoms with Crippen LogP contribution in [0.15, 0.2) is 47.4 Å². The van der Waals surface area contributed by atoms with Crippen LogP contribution in [0, 0.1) is 6.92 Å². The summed E-state index contributed by atoms with van der Waals surface area (Å²) < 4.78 is 41.1. The summed E-state index contributed by atoms with van der Waals surface area (Å²) in [6, 6.07) is 8.28. The van der Waals surface area contributed by atoms with Gasteiger partial charge in [0.15, 0.2) is 0 Å². The van der Waals surface area contributed by atoms with Gasteiger partial charge in [-0.05, 0) is 42.8 Å². The number of aryl methyl sites for hydroxylation is 1. The minimum atomic E-state index is -4.72. The highest BCUT2D eigenvalue weighted by Crippen LogP contribution is 2.23. The third-order valence-electron chi connectivity index (χ3n) is 2.42. The van der Waals surface area contributed by atoms with E-state index in [4.69, 9.17) is 0 Å². The number of hydrogen-bond acceptors (Lipinski definition) is 2. The predicted molar refractivity (Wildman–Crippen MR) is 63.5 cm³/mol. The van der Waals surface area contributed by atoms with Crippen molar-refractivity contribution in [2.75, 3.05) is 0 Å². The SMILES string of the molecule is Cc1ccn(-c2ccc(OC(F)(F)F)cc2)c(=O)c1. The molecule has 0 aliphatic heterocycles. The van der Waals surface area contributed by atoms with Crippen LogP contribution in [-0.2, 0) is 0 Å². The van der Waals surface area contributed by atoms with E-state index in [9.17, 15) is 18.0 Å². The summed E-state index contributed by atoms with van der Waals surface area (Å²) in [6.45, 7) is 1.78. The van der Waals surface area contributed by atoms with E-state index in [0.717, 1.165) is 17.7 Å². The second-order valence-corrected chi connectivity index (χ2v) is 3.95. The van der Waals surface area contributed by atoms with Gasteiger partial charge in [0, 0.05) is 18.0 Å². The number of alkyl halides is 3. The number of ether oxygens (including phenoxy) is 1. The Balaban J connectivity index is 2.30. The Morgan fingerprint density at radius 3 is 2.26 bits per heavy atom. The fourth-order valence-corrected chi connectivity index (χ4v) is 1.60. The van der Waals surface area contributed by atoms with E-state index in [1.165, 1.54) is 22.8 Å².